The Morgan fingerprint density at radius 3 is 2.28 bits per heavy atom. The van der Waals surface area contributed by atoms with Crippen molar-refractivity contribution in [2.45, 2.75) is 6.42 Å². The maximum absolute atomic E-state index is 11.4. The van der Waals surface area contributed by atoms with Gasteiger partial charge in [-0.05, 0) is 12.5 Å². The molecule has 0 bridgehead atoms. The second-order valence-electron chi connectivity index (χ2n) is 6.59. The van der Waals surface area contributed by atoms with Crippen molar-refractivity contribution in [3.63, 3.8) is 0 Å². The lowest BCUT2D eigenvalue weighted by atomic mass is 10.3. The first-order valence-corrected chi connectivity index (χ1v) is 9.76. The van der Waals surface area contributed by atoms with E-state index in [0.717, 1.165) is 45.1 Å². The highest BCUT2D eigenvalue weighted by atomic mass is 16.5. The van der Waals surface area contributed by atoms with Crippen LogP contribution in [0, 0.1) is 0 Å². The second kappa shape index (κ2) is 12.7. The SMILES string of the molecule is Cn1ncc(OCCCN2CCN(c3ncccn3)CC2)nc1=O.O=C(O)/C=C/C(=O)O. The summed E-state index contributed by atoms with van der Waals surface area (Å²) >= 11 is 0. The number of hydrogen-bond acceptors (Lipinski definition) is 10. The molecule has 0 radical (unpaired) electrons. The zero-order chi connectivity index (χ0) is 23.3. The van der Waals surface area contributed by atoms with Crippen LogP contribution in [-0.2, 0) is 16.6 Å². The molecule has 172 valence electrons. The molecule has 1 aliphatic rings. The van der Waals surface area contributed by atoms with Crippen molar-refractivity contribution in [2.24, 2.45) is 7.05 Å². The Labute approximate surface area is 183 Å². The minimum atomic E-state index is -1.26. The van der Waals surface area contributed by atoms with Gasteiger partial charge in [0.05, 0.1) is 6.61 Å². The molecule has 0 saturated carbocycles. The van der Waals surface area contributed by atoms with Crippen molar-refractivity contribution in [1.82, 2.24) is 29.6 Å². The van der Waals surface area contributed by atoms with Gasteiger partial charge in [0, 0.05) is 64.3 Å². The Kier molecular flexibility index (Phi) is 9.71. The van der Waals surface area contributed by atoms with E-state index in [4.69, 9.17) is 14.9 Å². The number of aryl methyl sites for hydroxylation is 1. The molecule has 2 N–H and O–H groups in total. The van der Waals surface area contributed by atoms with Crippen molar-refractivity contribution in [1.29, 1.82) is 0 Å². The van der Waals surface area contributed by atoms with E-state index in [2.05, 4.69) is 29.9 Å². The molecule has 0 spiro atoms. The molecule has 1 saturated heterocycles. The maximum atomic E-state index is 11.4. The number of nitrogens with zero attached hydrogens (tertiary/aromatic N) is 7. The molecule has 3 rings (SSSR count). The highest BCUT2D eigenvalue weighted by Gasteiger charge is 2.18. The number of carboxylic acids is 2. The zero-order valence-corrected chi connectivity index (χ0v) is 17.6. The van der Waals surface area contributed by atoms with Crippen LogP contribution in [0.4, 0.5) is 5.95 Å². The number of rotatable bonds is 8. The van der Waals surface area contributed by atoms with Crippen LogP contribution in [-0.4, -0.2) is 91.1 Å². The van der Waals surface area contributed by atoms with E-state index in [0.29, 0.717) is 18.8 Å². The van der Waals surface area contributed by atoms with E-state index in [9.17, 15) is 14.4 Å². The Hall–Kier alpha value is -3.87. The minimum absolute atomic E-state index is 0.282. The van der Waals surface area contributed by atoms with Crippen molar-refractivity contribution in [3.05, 3.63) is 47.3 Å². The number of carboxylic acid groups (broad SMARTS) is 2. The average Bonchev–Trinajstić information content (AvgIpc) is 2.79. The lowest BCUT2D eigenvalue weighted by molar-refractivity contribution is -0.134. The second-order valence-corrected chi connectivity index (χ2v) is 6.59. The number of aliphatic carboxylic acids is 2. The van der Waals surface area contributed by atoms with Crippen LogP contribution < -0.4 is 15.3 Å². The van der Waals surface area contributed by atoms with Crippen LogP contribution >= 0.6 is 0 Å². The highest BCUT2D eigenvalue weighted by molar-refractivity contribution is 5.89. The fourth-order valence-electron chi connectivity index (χ4n) is 2.68. The Balaban J connectivity index is 0.000000390. The van der Waals surface area contributed by atoms with E-state index >= 15 is 0 Å². The number of carbonyl (C=O) groups is 2. The van der Waals surface area contributed by atoms with Gasteiger partial charge in [0.25, 0.3) is 0 Å². The smallest absolute Gasteiger partial charge is 0.366 e. The van der Waals surface area contributed by atoms with Gasteiger partial charge >= 0.3 is 17.6 Å². The fraction of sp³-hybridized carbons (Fsp3) is 0.421. The van der Waals surface area contributed by atoms with Gasteiger partial charge in [0.15, 0.2) is 0 Å². The average molecular weight is 447 g/mol. The lowest BCUT2D eigenvalue weighted by Gasteiger charge is -2.34. The molecular weight excluding hydrogens is 422 g/mol. The molecule has 13 heteroatoms. The third-order valence-corrected chi connectivity index (χ3v) is 4.27. The van der Waals surface area contributed by atoms with Crippen LogP contribution in [0.15, 0.2) is 41.6 Å². The van der Waals surface area contributed by atoms with Crippen molar-refractivity contribution >= 4 is 17.9 Å². The first kappa shape index (κ1) is 24.4. The predicted octanol–water partition coefficient (Wildman–Crippen LogP) is -0.732. The van der Waals surface area contributed by atoms with Crippen LogP contribution in [0.5, 0.6) is 5.88 Å². The third kappa shape index (κ3) is 8.87. The molecular formula is C19H25N7O6. The molecule has 3 heterocycles. The number of anilines is 1. The molecule has 1 aliphatic heterocycles. The molecule has 2 aromatic heterocycles. The first-order chi connectivity index (χ1) is 15.3. The highest BCUT2D eigenvalue weighted by Crippen LogP contribution is 2.10. The number of piperazine rings is 1. The minimum Gasteiger partial charge on any atom is -0.478 e. The van der Waals surface area contributed by atoms with Crippen LogP contribution in [0.3, 0.4) is 0 Å². The quantitative estimate of drug-likeness (QED) is 0.385. The van der Waals surface area contributed by atoms with Gasteiger partial charge < -0.3 is 19.8 Å². The third-order valence-electron chi connectivity index (χ3n) is 4.27. The van der Waals surface area contributed by atoms with Gasteiger partial charge in [0.1, 0.15) is 6.20 Å². The van der Waals surface area contributed by atoms with Crippen molar-refractivity contribution in [3.8, 4) is 5.88 Å². The summed E-state index contributed by atoms with van der Waals surface area (Å²) in [5.41, 5.74) is -0.410. The molecule has 0 atom stereocenters. The van der Waals surface area contributed by atoms with Gasteiger partial charge in [-0.25, -0.2) is 29.0 Å². The number of hydrogen-bond donors (Lipinski definition) is 2. The summed E-state index contributed by atoms with van der Waals surface area (Å²) in [6.07, 6.45) is 6.99. The van der Waals surface area contributed by atoms with Gasteiger partial charge in [-0.1, -0.05) is 0 Å². The predicted molar refractivity (Wildman–Crippen MR) is 112 cm³/mol. The summed E-state index contributed by atoms with van der Waals surface area (Å²) in [4.78, 5) is 47.4. The molecule has 32 heavy (non-hydrogen) atoms. The maximum Gasteiger partial charge on any atom is 0.366 e. The first-order valence-electron chi connectivity index (χ1n) is 9.76. The largest absolute Gasteiger partial charge is 0.478 e. The summed E-state index contributed by atoms with van der Waals surface area (Å²) in [7, 11) is 1.55. The molecule has 13 nitrogen and oxygen atoms in total. The fourth-order valence-corrected chi connectivity index (χ4v) is 2.68. The van der Waals surface area contributed by atoms with E-state index < -0.39 is 17.6 Å². The topological polar surface area (TPSA) is 164 Å². The monoisotopic (exact) mass is 447 g/mol. The Bertz CT molecular complexity index is 942. The van der Waals surface area contributed by atoms with Gasteiger partial charge in [0.2, 0.25) is 11.8 Å². The van der Waals surface area contributed by atoms with Crippen LogP contribution in [0.2, 0.25) is 0 Å². The molecule has 0 amide bonds. The molecule has 2 aromatic rings. The van der Waals surface area contributed by atoms with Crippen molar-refractivity contribution < 1.29 is 24.5 Å². The number of aromatic nitrogens is 5. The Morgan fingerprint density at radius 1 is 1.09 bits per heavy atom. The summed E-state index contributed by atoms with van der Waals surface area (Å²) in [5.74, 6) is -1.44. The molecule has 1 fully saturated rings. The van der Waals surface area contributed by atoms with Gasteiger partial charge in [-0.3, -0.25) is 4.90 Å². The van der Waals surface area contributed by atoms with E-state index in [1.165, 1.54) is 10.9 Å². The normalized spacial score (nSPS) is 14.0. The summed E-state index contributed by atoms with van der Waals surface area (Å²) in [6.45, 7) is 5.26. The lowest BCUT2D eigenvalue weighted by Crippen LogP contribution is -2.47. The van der Waals surface area contributed by atoms with Crippen LogP contribution in [0.1, 0.15) is 6.42 Å². The standard InChI is InChI=1S/C15H21N7O2.C4H4O4/c1-20-15(23)19-13(12-18-20)24-11-3-6-21-7-9-22(10-8-21)14-16-4-2-5-17-14;5-3(6)1-2-4(7)8/h2,4-5,12H,3,6-11H2,1H3;1-2H,(H,5,6)(H,7,8)/b;2-1+. The van der Waals surface area contributed by atoms with E-state index in [1.54, 1.807) is 19.4 Å². The molecule has 0 aromatic carbocycles. The van der Waals surface area contributed by atoms with E-state index in [1.807, 2.05) is 6.07 Å². The summed E-state index contributed by atoms with van der Waals surface area (Å²) in [5, 5.41) is 19.5. The number of ether oxygens (including phenoxy) is 1. The summed E-state index contributed by atoms with van der Waals surface area (Å²) < 4.78 is 6.65. The molecule has 0 unspecified atom stereocenters. The zero-order valence-electron chi connectivity index (χ0n) is 17.6. The van der Waals surface area contributed by atoms with Crippen molar-refractivity contribution in [2.75, 3.05) is 44.2 Å². The van der Waals surface area contributed by atoms with E-state index in [-0.39, 0.29) is 5.88 Å². The summed E-state index contributed by atoms with van der Waals surface area (Å²) in [6, 6.07) is 1.83. The van der Waals surface area contributed by atoms with Gasteiger partial charge in [-0.15, -0.1) is 0 Å². The van der Waals surface area contributed by atoms with Gasteiger partial charge in [-0.2, -0.15) is 10.1 Å². The van der Waals surface area contributed by atoms with Crippen LogP contribution in [0.25, 0.3) is 0 Å². The molecule has 0 aliphatic carbocycles. The Morgan fingerprint density at radius 2 is 1.72 bits per heavy atom.